The third-order valence-electron chi connectivity index (χ3n) is 8.53. The van der Waals surface area contributed by atoms with Crippen LogP contribution in [0.4, 0.5) is 5.69 Å². The summed E-state index contributed by atoms with van der Waals surface area (Å²) in [6.45, 7) is 2.34. The molecule has 1 fully saturated rings. The highest BCUT2D eigenvalue weighted by atomic mass is 16.3. The van der Waals surface area contributed by atoms with E-state index in [-0.39, 0.29) is 11.8 Å². The molecule has 3 aliphatic rings. The Labute approximate surface area is 214 Å². The van der Waals surface area contributed by atoms with E-state index in [2.05, 4.69) is 9.88 Å². The van der Waals surface area contributed by atoms with Crippen LogP contribution in [0.1, 0.15) is 90.7 Å². The van der Waals surface area contributed by atoms with Crippen molar-refractivity contribution in [3.8, 4) is 0 Å². The molecule has 0 spiro atoms. The van der Waals surface area contributed by atoms with Gasteiger partial charge in [0, 0.05) is 43.3 Å². The van der Waals surface area contributed by atoms with E-state index >= 15 is 0 Å². The summed E-state index contributed by atoms with van der Waals surface area (Å²) in [6.07, 6.45) is 10.3. The molecule has 1 aliphatic heterocycles. The Bertz CT molecular complexity index is 1200. The standard InChI is InChI=1S/C30H39N3O3/c1-19-26(30(36)32(2)18-21(34)17-20-11-6-4-5-7-12-20)23-14-10-15-24(28(23)33(19)3)27-22-13-8-9-16-25(22)31-29(27)35/h8-9,13,16,20-21,34H,4-7,10-12,14-15,17-18H2,1-3H3,(H,31,35)/b27-24-. The highest BCUT2D eigenvalue weighted by Gasteiger charge is 2.35. The number of likely N-dealkylation sites (N-methyl/N-ethyl adjacent to an activating group) is 1. The van der Waals surface area contributed by atoms with E-state index in [1.54, 1.807) is 11.9 Å². The van der Waals surface area contributed by atoms with Gasteiger partial charge in [0.25, 0.3) is 11.8 Å². The molecule has 2 heterocycles. The Morgan fingerprint density at radius 1 is 1.14 bits per heavy atom. The number of hydrogen-bond acceptors (Lipinski definition) is 3. The first-order valence-electron chi connectivity index (χ1n) is 13.6. The van der Waals surface area contributed by atoms with Crippen LogP contribution in [0.3, 0.4) is 0 Å². The van der Waals surface area contributed by atoms with Crippen LogP contribution in [0.5, 0.6) is 0 Å². The van der Waals surface area contributed by atoms with Crippen molar-refractivity contribution in [2.45, 2.75) is 77.2 Å². The summed E-state index contributed by atoms with van der Waals surface area (Å²) in [6, 6.07) is 7.83. The summed E-state index contributed by atoms with van der Waals surface area (Å²) in [4.78, 5) is 28.4. The molecule has 1 aromatic carbocycles. The number of carbonyl (C=O) groups is 2. The van der Waals surface area contributed by atoms with Gasteiger partial charge in [0.1, 0.15) is 0 Å². The van der Waals surface area contributed by atoms with Crippen molar-refractivity contribution < 1.29 is 14.7 Å². The van der Waals surface area contributed by atoms with Crippen LogP contribution in [0, 0.1) is 12.8 Å². The Morgan fingerprint density at radius 2 is 1.86 bits per heavy atom. The molecule has 1 aromatic heterocycles. The third kappa shape index (κ3) is 4.52. The van der Waals surface area contributed by atoms with Gasteiger partial charge in [0.2, 0.25) is 0 Å². The molecule has 1 atom stereocenters. The van der Waals surface area contributed by atoms with E-state index in [1.807, 2.05) is 38.2 Å². The van der Waals surface area contributed by atoms with Crippen molar-refractivity contribution >= 4 is 28.6 Å². The monoisotopic (exact) mass is 489 g/mol. The zero-order valence-corrected chi connectivity index (χ0v) is 21.9. The van der Waals surface area contributed by atoms with E-state index < -0.39 is 6.10 Å². The molecule has 0 saturated heterocycles. The van der Waals surface area contributed by atoms with Crippen LogP contribution in [0.25, 0.3) is 11.1 Å². The van der Waals surface area contributed by atoms with Crippen LogP contribution in [-0.4, -0.2) is 46.1 Å². The molecule has 1 unspecified atom stereocenters. The molecule has 0 bridgehead atoms. The van der Waals surface area contributed by atoms with Crippen molar-refractivity contribution in [1.82, 2.24) is 9.47 Å². The molecule has 6 heteroatoms. The van der Waals surface area contributed by atoms with E-state index in [4.69, 9.17) is 0 Å². The van der Waals surface area contributed by atoms with Crippen molar-refractivity contribution in [2.75, 3.05) is 18.9 Å². The number of aromatic nitrogens is 1. The van der Waals surface area contributed by atoms with Gasteiger partial charge in [0.05, 0.1) is 17.2 Å². The number of hydrogen-bond donors (Lipinski definition) is 2. The van der Waals surface area contributed by atoms with Crippen LogP contribution in [0.15, 0.2) is 24.3 Å². The molecule has 1 saturated carbocycles. The van der Waals surface area contributed by atoms with Gasteiger partial charge in [-0.3, -0.25) is 9.59 Å². The van der Waals surface area contributed by atoms with Gasteiger partial charge < -0.3 is 19.9 Å². The molecule has 192 valence electrons. The second-order valence-corrected chi connectivity index (χ2v) is 11.0. The van der Waals surface area contributed by atoms with E-state index in [1.165, 1.54) is 38.5 Å². The average molecular weight is 490 g/mol. The maximum Gasteiger partial charge on any atom is 0.256 e. The largest absolute Gasteiger partial charge is 0.391 e. The quantitative estimate of drug-likeness (QED) is 0.441. The van der Waals surface area contributed by atoms with Crippen LogP contribution in [0.2, 0.25) is 0 Å². The molecule has 2 N–H and O–H groups in total. The number of fused-ring (bicyclic) bond motifs is 2. The molecule has 6 nitrogen and oxygen atoms in total. The molecule has 0 radical (unpaired) electrons. The number of nitrogens with zero attached hydrogens (tertiary/aromatic N) is 2. The van der Waals surface area contributed by atoms with Crippen LogP contribution in [-0.2, 0) is 18.3 Å². The van der Waals surface area contributed by atoms with Crippen molar-refractivity contribution in [1.29, 1.82) is 0 Å². The lowest BCUT2D eigenvalue weighted by Crippen LogP contribution is -2.36. The van der Waals surface area contributed by atoms with E-state index in [0.29, 0.717) is 12.5 Å². The van der Waals surface area contributed by atoms with Gasteiger partial charge in [-0.05, 0) is 55.7 Å². The van der Waals surface area contributed by atoms with Crippen molar-refractivity contribution in [2.24, 2.45) is 13.0 Å². The molecule has 2 aromatic rings. The van der Waals surface area contributed by atoms with Crippen LogP contribution < -0.4 is 5.32 Å². The highest BCUT2D eigenvalue weighted by molar-refractivity contribution is 6.37. The Kier molecular flexibility index (Phi) is 7.07. The Morgan fingerprint density at radius 3 is 2.61 bits per heavy atom. The summed E-state index contributed by atoms with van der Waals surface area (Å²) in [5, 5.41) is 13.8. The number of amides is 2. The number of nitrogens with one attached hydrogen (secondary N) is 1. The predicted molar refractivity (Wildman–Crippen MR) is 144 cm³/mol. The number of benzene rings is 1. The predicted octanol–water partition coefficient (Wildman–Crippen LogP) is 5.33. The molecular formula is C30H39N3O3. The average Bonchev–Trinajstić information content (AvgIpc) is 3.17. The number of rotatable bonds is 5. The fraction of sp³-hybridized carbons (Fsp3) is 0.533. The number of allylic oxidation sites excluding steroid dienone is 1. The first-order valence-corrected chi connectivity index (χ1v) is 13.6. The molecule has 2 amide bonds. The second kappa shape index (κ2) is 10.3. The lowest BCUT2D eigenvalue weighted by atomic mass is 9.85. The number of anilines is 1. The van der Waals surface area contributed by atoms with Gasteiger partial charge in [-0.1, -0.05) is 56.7 Å². The lowest BCUT2D eigenvalue weighted by Gasteiger charge is -2.25. The lowest BCUT2D eigenvalue weighted by molar-refractivity contribution is -0.110. The topological polar surface area (TPSA) is 74.6 Å². The summed E-state index contributed by atoms with van der Waals surface area (Å²) >= 11 is 0. The fourth-order valence-electron chi connectivity index (χ4n) is 6.66. The number of para-hydroxylation sites is 1. The summed E-state index contributed by atoms with van der Waals surface area (Å²) < 4.78 is 2.09. The maximum atomic E-state index is 13.7. The smallest absolute Gasteiger partial charge is 0.256 e. The van der Waals surface area contributed by atoms with Gasteiger partial charge >= 0.3 is 0 Å². The molecule has 5 rings (SSSR count). The zero-order chi connectivity index (χ0) is 25.4. The Hall–Kier alpha value is -2.86. The Balaban J connectivity index is 1.42. The van der Waals surface area contributed by atoms with Crippen molar-refractivity contribution in [3.63, 3.8) is 0 Å². The summed E-state index contributed by atoms with van der Waals surface area (Å²) in [5.41, 5.74) is 7.26. The minimum atomic E-state index is -0.502. The molecule has 2 aliphatic carbocycles. The highest BCUT2D eigenvalue weighted by Crippen LogP contribution is 2.44. The summed E-state index contributed by atoms with van der Waals surface area (Å²) in [7, 11) is 3.80. The van der Waals surface area contributed by atoms with Gasteiger partial charge in [-0.2, -0.15) is 0 Å². The van der Waals surface area contributed by atoms with Gasteiger partial charge in [-0.15, -0.1) is 0 Å². The normalized spacial score (nSPS) is 20.9. The first-order chi connectivity index (χ1) is 17.4. The maximum absolute atomic E-state index is 13.7. The third-order valence-corrected chi connectivity index (χ3v) is 8.53. The first kappa shape index (κ1) is 24.8. The van der Waals surface area contributed by atoms with Gasteiger partial charge in [0.15, 0.2) is 0 Å². The zero-order valence-electron chi connectivity index (χ0n) is 21.9. The van der Waals surface area contributed by atoms with Crippen molar-refractivity contribution in [3.05, 3.63) is 52.3 Å². The minimum absolute atomic E-state index is 0.0354. The number of aliphatic hydroxyl groups excluding tert-OH is 1. The second-order valence-electron chi connectivity index (χ2n) is 11.0. The number of carbonyl (C=O) groups excluding carboxylic acids is 2. The van der Waals surface area contributed by atoms with Gasteiger partial charge in [-0.25, -0.2) is 0 Å². The molecule has 36 heavy (non-hydrogen) atoms. The van der Waals surface area contributed by atoms with E-state index in [0.717, 1.165) is 70.6 Å². The fourth-order valence-corrected chi connectivity index (χ4v) is 6.66. The number of aliphatic hydroxyl groups is 1. The minimum Gasteiger partial charge on any atom is -0.391 e. The summed E-state index contributed by atoms with van der Waals surface area (Å²) in [5.74, 6) is 0.461. The molecular weight excluding hydrogens is 450 g/mol. The van der Waals surface area contributed by atoms with Crippen LogP contribution >= 0.6 is 0 Å². The SMILES string of the molecule is Cc1c(C(=O)N(C)CC(O)CC2CCCCCC2)c2c(n1C)/C(=C1\C(=O)Nc3ccccc31)CCC2. The van der Waals surface area contributed by atoms with E-state index in [9.17, 15) is 14.7 Å².